The van der Waals surface area contributed by atoms with Crippen LogP contribution in [0.1, 0.15) is 15.9 Å². The van der Waals surface area contributed by atoms with E-state index in [4.69, 9.17) is 5.11 Å². The van der Waals surface area contributed by atoms with Crippen molar-refractivity contribution in [2.75, 3.05) is 0 Å². The largest absolute Gasteiger partial charge is 0.478 e. The highest BCUT2D eigenvalue weighted by molar-refractivity contribution is 8.18. The van der Waals surface area contributed by atoms with Gasteiger partial charge >= 0.3 is 5.97 Å². The summed E-state index contributed by atoms with van der Waals surface area (Å²) in [5, 5.41) is 22.6. The van der Waals surface area contributed by atoms with Crippen LogP contribution in [0, 0.1) is 10.1 Å². The maximum atomic E-state index is 12.0. The average molecular weight is 369 g/mol. The van der Waals surface area contributed by atoms with Gasteiger partial charge in [0.05, 0.1) is 21.1 Å². The molecule has 0 bridgehead atoms. The first-order chi connectivity index (χ1) is 12.4. The van der Waals surface area contributed by atoms with E-state index in [1.165, 1.54) is 24.3 Å². The van der Waals surface area contributed by atoms with Crippen molar-refractivity contribution in [1.82, 2.24) is 5.32 Å². The van der Waals surface area contributed by atoms with Gasteiger partial charge in [-0.25, -0.2) is 9.79 Å². The number of amidine groups is 1. The maximum absolute atomic E-state index is 12.0. The molecule has 1 aliphatic heterocycles. The van der Waals surface area contributed by atoms with Crippen molar-refractivity contribution in [2.24, 2.45) is 4.99 Å². The molecule has 1 amide bonds. The molecule has 0 spiro atoms. The van der Waals surface area contributed by atoms with E-state index < -0.39 is 10.9 Å². The number of nitro groups is 1. The number of carbonyl (C=O) groups excluding carboxylic acids is 1. The van der Waals surface area contributed by atoms with Gasteiger partial charge in [0.1, 0.15) is 0 Å². The Morgan fingerprint density at radius 3 is 2.62 bits per heavy atom. The van der Waals surface area contributed by atoms with Crippen molar-refractivity contribution in [1.29, 1.82) is 0 Å². The molecule has 0 aromatic heterocycles. The second-order valence-corrected chi connectivity index (χ2v) is 6.22. The van der Waals surface area contributed by atoms with E-state index in [1.807, 2.05) is 0 Å². The third-order valence-electron chi connectivity index (χ3n) is 3.38. The fraction of sp³-hybridized carbons (Fsp3) is 0. The number of hydrogen-bond donors (Lipinski definition) is 2. The molecule has 0 atom stereocenters. The standard InChI is InChI=1S/C17H11N3O5S/c21-15-14(8-10-4-6-13(7-5-10)20(24)25)26-17(19-15)18-12-3-1-2-11(9-12)16(22)23/h1-9H,(H,22,23)(H,18,19,21)/b14-8-. The number of nitrogens with zero attached hydrogens (tertiary/aromatic N) is 2. The first-order valence-corrected chi connectivity index (χ1v) is 8.11. The summed E-state index contributed by atoms with van der Waals surface area (Å²) in [6.45, 7) is 0. The highest BCUT2D eigenvalue weighted by Gasteiger charge is 2.24. The molecule has 2 aromatic rings. The second-order valence-electron chi connectivity index (χ2n) is 5.19. The molecule has 8 nitrogen and oxygen atoms in total. The van der Waals surface area contributed by atoms with Crippen molar-refractivity contribution in [3.63, 3.8) is 0 Å². The van der Waals surface area contributed by atoms with Gasteiger partial charge in [-0.15, -0.1) is 0 Å². The van der Waals surface area contributed by atoms with Gasteiger partial charge in [0.15, 0.2) is 5.17 Å². The van der Waals surface area contributed by atoms with E-state index in [0.29, 0.717) is 21.3 Å². The fourth-order valence-corrected chi connectivity index (χ4v) is 2.99. The predicted molar refractivity (Wildman–Crippen MR) is 97.3 cm³/mol. The van der Waals surface area contributed by atoms with Crippen molar-refractivity contribution >= 4 is 46.3 Å². The third-order valence-corrected chi connectivity index (χ3v) is 4.29. The number of hydrogen-bond acceptors (Lipinski definition) is 6. The number of carboxylic acid groups (broad SMARTS) is 1. The minimum atomic E-state index is -1.06. The highest BCUT2D eigenvalue weighted by atomic mass is 32.2. The lowest BCUT2D eigenvalue weighted by Gasteiger charge is -1.98. The average Bonchev–Trinajstić information content (AvgIpc) is 2.94. The number of carbonyl (C=O) groups is 2. The van der Waals surface area contributed by atoms with Gasteiger partial charge in [-0.2, -0.15) is 0 Å². The molecule has 3 rings (SSSR count). The second kappa shape index (κ2) is 7.19. The molecule has 2 aromatic carbocycles. The van der Waals surface area contributed by atoms with Gasteiger partial charge in [0.2, 0.25) is 0 Å². The minimum Gasteiger partial charge on any atom is -0.478 e. The minimum absolute atomic E-state index is 0.0313. The zero-order chi connectivity index (χ0) is 18.7. The van der Waals surface area contributed by atoms with Crippen LogP contribution in [0.25, 0.3) is 6.08 Å². The van der Waals surface area contributed by atoms with Crippen molar-refractivity contribution in [3.05, 3.63) is 74.7 Å². The molecule has 0 aliphatic carbocycles. The van der Waals surface area contributed by atoms with E-state index in [2.05, 4.69) is 10.3 Å². The van der Waals surface area contributed by atoms with Crippen LogP contribution in [0.15, 0.2) is 58.4 Å². The number of thioether (sulfide) groups is 1. The molecule has 0 saturated carbocycles. The number of amides is 1. The Hall–Kier alpha value is -3.46. The molecule has 130 valence electrons. The first-order valence-electron chi connectivity index (χ1n) is 7.30. The monoisotopic (exact) mass is 369 g/mol. The van der Waals surface area contributed by atoms with Gasteiger partial charge in [-0.05, 0) is 53.7 Å². The number of aromatic carboxylic acids is 1. The summed E-state index contributed by atoms with van der Waals surface area (Å²) < 4.78 is 0. The van der Waals surface area contributed by atoms with Gasteiger partial charge < -0.3 is 10.4 Å². The van der Waals surface area contributed by atoms with Crippen LogP contribution in [-0.4, -0.2) is 27.1 Å². The zero-order valence-corrected chi connectivity index (χ0v) is 13.9. The molecular weight excluding hydrogens is 358 g/mol. The van der Waals surface area contributed by atoms with Gasteiger partial charge in [-0.3, -0.25) is 14.9 Å². The quantitative estimate of drug-likeness (QED) is 0.485. The van der Waals surface area contributed by atoms with Crippen LogP contribution >= 0.6 is 11.8 Å². The fourth-order valence-electron chi connectivity index (χ4n) is 2.15. The van der Waals surface area contributed by atoms with Crippen LogP contribution in [0.2, 0.25) is 0 Å². The van der Waals surface area contributed by atoms with Crippen LogP contribution in [0.3, 0.4) is 0 Å². The number of aliphatic imine (C=N–C) groups is 1. The van der Waals surface area contributed by atoms with Crippen LogP contribution < -0.4 is 5.32 Å². The van der Waals surface area contributed by atoms with Gasteiger partial charge in [0.25, 0.3) is 11.6 Å². The lowest BCUT2D eigenvalue weighted by Crippen LogP contribution is -2.19. The van der Waals surface area contributed by atoms with Crippen LogP contribution in [0.4, 0.5) is 11.4 Å². The Balaban J connectivity index is 1.80. The Morgan fingerprint density at radius 2 is 1.96 bits per heavy atom. The molecule has 1 aliphatic rings. The molecule has 0 radical (unpaired) electrons. The predicted octanol–water partition coefficient (Wildman–Crippen LogP) is 3.18. The van der Waals surface area contributed by atoms with Gasteiger partial charge in [-0.1, -0.05) is 6.07 Å². The van der Waals surface area contributed by atoms with Crippen molar-refractivity contribution in [2.45, 2.75) is 0 Å². The SMILES string of the molecule is O=C1NC(=Nc2cccc(C(=O)O)c2)S/C1=C\c1ccc([N+](=O)[O-])cc1. The summed E-state index contributed by atoms with van der Waals surface area (Å²) >= 11 is 1.10. The van der Waals surface area contributed by atoms with E-state index in [0.717, 1.165) is 11.8 Å². The molecule has 1 fully saturated rings. The molecule has 2 N–H and O–H groups in total. The maximum Gasteiger partial charge on any atom is 0.335 e. The summed E-state index contributed by atoms with van der Waals surface area (Å²) in [7, 11) is 0. The Morgan fingerprint density at radius 1 is 1.23 bits per heavy atom. The third kappa shape index (κ3) is 3.95. The lowest BCUT2D eigenvalue weighted by molar-refractivity contribution is -0.384. The summed E-state index contributed by atoms with van der Waals surface area (Å²) in [6, 6.07) is 11.9. The van der Waals surface area contributed by atoms with E-state index in [-0.39, 0.29) is 17.2 Å². The number of benzene rings is 2. The Bertz CT molecular complexity index is 967. The molecular formula is C17H11N3O5S. The number of nitro benzene ring substituents is 1. The lowest BCUT2D eigenvalue weighted by atomic mass is 10.2. The molecule has 0 unspecified atom stereocenters. The zero-order valence-electron chi connectivity index (χ0n) is 13.1. The number of non-ortho nitro benzene ring substituents is 1. The number of carboxylic acids is 1. The molecule has 9 heteroatoms. The summed E-state index contributed by atoms with van der Waals surface area (Å²) in [5.41, 5.74) is 1.12. The topological polar surface area (TPSA) is 122 Å². The number of rotatable bonds is 4. The highest BCUT2D eigenvalue weighted by Crippen LogP contribution is 2.28. The number of nitrogens with one attached hydrogen (secondary N) is 1. The Kier molecular flexibility index (Phi) is 4.81. The van der Waals surface area contributed by atoms with E-state index >= 15 is 0 Å². The van der Waals surface area contributed by atoms with Crippen molar-refractivity contribution < 1.29 is 19.6 Å². The summed E-state index contributed by atoms with van der Waals surface area (Å²) in [5.74, 6) is -1.41. The summed E-state index contributed by atoms with van der Waals surface area (Å²) in [6.07, 6.45) is 1.60. The van der Waals surface area contributed by atoms with Crippen molar-refractivity contribution in [3.8, 4) is 0 Å². The molecule has 1 saturated heterocycles. The molecule has 26 heavy (non-hydrogen) atoms. The van der Waals surface area contributed by atoms with E-state index in [9.17, 15) is 19.7 Å². The smallest absolute Gasteiger partial charge is 0.335 e. The van der Waals surface area contributed by atoms with E-state index in [1.54, 1.807) is 30.3 Å². The van der Waals surface area contributed by atoms with Gasteiger partial charge in [0, 0.05) is 12.1 Å². The normalized spacial score (nSPS) is 16.7. The Labute approximate surface area is 151 Å². The first kappa shape index (κ1) is 17.4. The van der Waals surface area contributed by atoms with Crippen LogP contribution in [-0.2, 0) is 4.79 Å². The van der Waals surface area contributed by atoms with Crippen LogP contribution in [0.5, 0.6) is 0 Å². The molecule has 1 heterocycles. The summed E-state index contributed by atoms with van der Waals surface area (Å²) in [4.78, 5) is 37.8.